The van der Waals surface area contributed by atoms with E-state index in [4.69, 9.17) is 34.8 Å². The highest BCUT2D eigenvalue weighted by atomic mass is 35.6. The molecule has 1 aromatic rings. The molecule has 15 heavy (non-hydrogen) atoms. The maximum absolute atomic E-state index is 10.9. The second-order valence-electron chi connectivity index (χ2n) is 2.68. The molecule has 1 aliphatic rings. The lowest BCUT2D eigenvalue weighted by atomic mass is 10.7. The molecule has 84 valence electrons. The van der Waals surface area contributed by atoms with Crippen LogP contribution in [0.5, 0.6) is 11.9 Å². The normalized spacial score (nSPS) is 18.1. The summed E-state index contributed by atoms with van der Waals surface area (Å²) < 4.78 is 30.3. The van der Waals surface area contributed by atoms with Crippen LogP contribution in [0.4, 0.5) is 0 Å². The molecule has 2 heterocycles. The number of alkyl halides is 3. The second-order valence-corrected chi connectivity index (χ2v) is 6.35. The Hall–Kier alpha value is -0.370. The molecule has 2 bridgehead atoms. The summed E-state index contributed by atoms with van der Waals surface area (Å²) in [5.41, 5.74) is 0. The highest BCUT2D eigenvalue weighted by Gasteiger charge is 2.31. The standard InChI is InChI=1S/C5H3Cl3N2O4S/c6-5(7,8)2-10-1-3-9-4(10)14-15(11,12)13-3/h1H,2H2. The molecular formula is C5H3Cl3N2O4S. The quantitative estimate of drug-likeness (QED) is 0.729. The Morgan fingerprint density at radius 3 is 2.67 bits per heavy atom. The molecular weight excluding hydrogens is 290 g/mol. The molecule has 1 aliphatic heterocycles. The topological polar surface area (TPSA) is 70.4 Å². The lowest BCUT2D eigenvalue weighted by molar-refractivity contribution is 0.352. The van der Waals surface area contributed by atoms with Crippen molar-refractivity contribution in [2.24, 2.45) is 0 Å². The molecule has 0 atom stereocenters. The Morgan fingerprint density at radius 1 is 1.40 bits per heavy atom. The fourth-order valence-electron chi connectivity index (χ4n) is 1.00. The largest absolute Gasteiger partial charge is 0.505 e. The van der Waals surface area contributed by atoms with Gasteiger partial charge in [-0.3, -0.25) is 4.57 Å². The van der Waals surface area contributed by atoms with E-state index in [-0.39, 0.29) is 18.4 Å². The zero-order chi connectivity index (χ0) is 11.3. The van der Waals surface area contributed by atoms with Crippen LogP contribution in [0.15, 0.2) is 6.20 Å². The Bertz CT molecular complexity index is 491. The SMILES string of the molecule is O=S1(=O)Oc2cn(CC(Cl)(Cl)Cl)c(n2)O1. The number of rotatable bonds is 1. The van der Waals surface area contributed by atoms with Crippen molar-refractivity contribution in [3.8, 4) is 11.9 Å². The van der Waals surface area contributed by atoms with E-state index >= 15 is 0 Å². The van der Waals surface area contributed by atoms with Gasteiger partial charge in [0.1, 0.15) is 0 Å². The molecule has 0 aliphatic carbocycles. The summed E-state index contributed by atoms with van der Waals surface area (Å²) >= 11 is 16.6. The number of aromatic nitrogens is 2. The molecule has 0 spiro atoms. The smallest absolute Gasteiger partial charge is 0.330 e. The van der Waals surface area contributed by atoms with Gasteiger partial charge in [0.05, 0.1) is 12.7 Å². The van der Waals surface area contributed by atoms with Crippen LogP contribution in [0.25, 0.3) is 0 Å². The number of halogens is 3. The Morgan fingerprint density at radius 2 is 2.07 bits per heavy atom. The van der Waals surface area contributed by atoms with E-state index in [1.165, 1.54) is 10.8 Å². The van der Waals surface area contributed by atoms with E-state index in [1.54, 1.807) is 0 Å². The van der Waals surface area contributed by atoms with Crippen LogP contribution in [0.2, 0.25) is 0 Å². The molecule has 0 N–H and O–H groups in total. The van der Waals surface area contributed by atoms with Gasteiger partial charge in [-0.25, -0.2) is 0 Å². The molecule has 0 radical (unpaired) electrons. The molecule has 2 rings (SSSR count). The first-order valence-electron chi connectivity index (χ1n) is 3.53. The number of imidazole rings is 1. The predicted molar refractivity (Wildman–Crippen MR) is 52.7 cm³/mol. The van der Waals surface area contributed by atoms with Crippen molar-refractivity contribution in [2.45, 2.75) is 10.3 Å². The maximum atomic E-state index is 10.9. The van der Waals surface area contributed by atoms with Gasteiger partial charge in [0.2, 0.25) is 3.79 Å². The zero-order valence-electron chi connectivity index (χ0n) is 6.85. The van der Waals surface area contributed by atoms with Crippen molar-refractivity contribution >= 4 is 45.2 Å². The summed E-state index contributed by atoms with van der Waals surface area (Å²) in [6.45, 7) is -0.0983. The maximum Gasteiger partial charge on any atom is 0.505 e. The van der Waals surface area contributed by atoms with Crippen molar-refractivity contribution in [1.82, 2.24) is 9.55 Å². The lowest BCUT2D eigenvalue weighted by Crippen LogP contribution is -2.21. The van der Waals surface area contributed by atoms with Crippen LogP contribution in [0.3, 0.4) is 0 Å². The average molecular weight is 294 g/mol. The minimum absolute atomic E-state index is 0.0983. The number of fused-ring (bicyclic) bond motifs is 2. The van der Waals surface area contributed by atoms with E-state index in [2.05, 4.69) is 13.4 Å². The zero-order valence-corrected chi connectivity index (χ0v) is 9.94. The van der Waals surface area contributed by atoms with E-state index < -0.39 is 14.2 Å². The molecule has 0 unspecified atom stereocenters. The van der Waals surface area contributed by atoms with Gasteiger partial charge in [0.15, 0.2) is 0 Å². The van der Waals surface area contributed by atoms with Crippen molar-refractivity contribution < 1.29 is 16.8 Å². The van der Waals surface area contributed by atoms with Crippen molar-refractivity contribution in [3.05, 3.63) is 6.20 Å². The van der Waals surface area contributed by atoms with E-state index in [1.807, 2.05) is 0 Å². The summed E-state index contributed by atoms with van der Waals surface area (Å²) in [5, 5.41) is 0. The molecule has 1 aromatic heterocycles. The van der Waals surface area contributed by atoms with Crippen molar-refractivity contribution in [3.63, 3.8) is 0 Å². The lowest BCUT2D eigenvalue weighted by Gasteiger charge is -2.12. The summed E-state index contributed by atoms with van der Waals surface area (Å²) in [5.74, 6) is -0.120. The Labute approximate surface area is 100.0 Å². The van der Waals surface area contributed by atoms with Crippen molar-refractivity contribution in [1.29, 1.82) is 0 Å². The van der Waals surface area contributed by atoms with Gasteiger partial charge < -0.3 is 8.37 Å². The van der Waals surface area contributed by atoms with Gasteiger partial charge in [-0.15, -0.1) is 8.42 Å². The van der Waals surface area contributed by atoms with Gasteiger partial charge in [-0.2, -0.15) is 4.98 Å². The average Bonchev–Trinajstić information content (AvgIpc) is 2.21. The van der Waals surface area contributed by atoms with Gasteiger partial charge >= 0.3 is 16.4 Å². The van der Waals surface area contributed by atoms with Crippen LogP contribution in [0, 0.1) is 0 Å². The monoisotopic (exact) mass is 292 g/mol. The van der Waals surface area contributed by atoms with Crippen LogP contribution in [0.1, 0.15) is 0 Å². The number of hydrogen-bond donors (Lipinski definition) is 0. The molecule has 10 heteroatoms. The van der Waals surface area contributed by atoms with Crippen LogP contribution in [-0.2, 0) is 16.9 Å². The molecule has 0 amide bonds. The third-order valence-corrected chi connectivity index (χ3v) is 2.52. The van der Waals surface area contributed by atoms with Gasteiger partial charge in [-0.05, 0) is 0 Å². The highest BCUT2D eigenvalue weighted by molar-refractivity contribution is 7.82. The van der Waals surface area contributed by atoms with Gasteiger partial charge in [-0.1, -0.05) is 34.8 Å². The molecule has 0 aromatic carbocycles. The van der Waals surface area contributed by atoms with E-state index in [0.717, 1.165) is 0 Å². The minimum atomic E-state index is -4.08. The Balaban J connectivity index is 2.33. The first-order valence-corrected chi connectivity index (χ1v) is 6.00. The van der Waals surface area contributed by atoms with E-state index in [0.29, 0.717) is 0 Å². The summed E-state index contributed by atoms with van der Waals surface area (Å²) in [7, 11) is -4.08. The Kier molecular flexibility index (Phi) is 2.45. The third-order valence-electron chi connectivity index (χ3n) is 1.43. The van der Waals surface area contributed by atoms with Crippen LogP contribution in [-0.4, -0.2) is 21.8 Å². The third kappa shape index (κ3) is 2.60. The predicted octanol–water partition coefficient (Wildman–Crippen LogP) is 1.27. The summed E-state index contributed by atoms with van der Waals surface area (Å²) in [6.07, 6.45) is 1.27. The van der Waals surface area contributed by atoms with Crippen LogP contribution >= 0.6 is 34.8 Å². The first-order chi connectivity index (χ1) is 6.75. The summed E-state index contributed by atoms with van der Waals surface area (Å²) in [4.78, 5) is 3.66. The molecule has 0 saturated heterocycles. The molecule has 0 fully saturated rings. The van der Waals surface area contributed by atoms with Crippen molar-refractivity contribution in [2.75, 3.05) is 0 Å². The first kappa shape index (κ1) is 11.1. The second kappa shape index (κ2) is 3.31. The fourth-order valence-corrected chi connectivity index (χ4v) is 2.03. The van der Waals surface area contributed by atoms with Gasteiger partial charge in [0, 0.05) is 0 Å². The van der Waals surface area contributed by atoms with E-state index in [9.17, 15) is 8.42 Å². The number of hydrogen-bond acceptors (Lipinski definition) is 5. The number of nitrogens with zero attached hydrogens (tertiary/aromatic N) is 2. The minimum Gasteiger partial charge on any atom is -0.330 e. The molecule has 6 nitrogen and oxygen atoms in total. The highest BCUT2D eigenvalue weighted by Crippen LogP contribution is 2.33. The summed E-state index contributed by atoms with van der Waals surface area (Å²) in [6, 6.07) is -0.192. The van der Waals surface area contributed by atoms with Gasteiger partial charge in [0.25, 0.3) is 5.88 Å². The molecule has 0 saturated carbocycles. The van der Waals surface area contributed by atoms with Crippen LogP contribution < -0.4 is 8.37 Å². The fraction of sp³-hybridized carbons (Fsp3) is 0.400.